The van der Waals surface area contributed by atoms with E-state index in [1.165, 1.54) is 19.2 Å². The third-order valence-electron chi connectivity index (χ3n) is 4.50. The maximum absolute atomic E-state index is 13.0. The van der Waals surface area contributed by atoms with Gasteiger partial charge in [-0.05, 0) is 55.0 Å². The summed E-state index contributed by atoms with van der Waals surface area (Å²) in [6.07, 6.45) is 0. The van der Waals surface area contributed by atoms with Crippen molar-refractivity contribution in [2.24, 2.45) is 0 Å². The minimum atomic E-state index is -3.99. The predicted octanol–water partition coefficient (Wildman–Crippen LogP) is 4.05. The van der Waals surface area contributed by atoms with E-state index in [9.17, 15) is 13.2 Å². The number of rotatable bonds is 11. The zero-order chi connectivity index (χ0) is 23.7. The van der Waals surface area contributed by atoms with Crippen LogP contribution >= 0.6 is 0 Å². The van der Waals surface area contributed by atoms with Crippen LogP contribution in [0.4, 0.5) is 11.4 Å². The van der Waals surface area contributed by atoms with Crippen LogP contribution in [0.1, 0.15) is 12.5 Å². The van der Waals surface area contributed by atoms with Gasteiger partial charge in [-0.15, -0.1) is 0 Å². The number of amides is 1. The average Bonchev–Trinajstić information content (AvgIpc) is 2.81. The molecule has 0 fully saturated rings. The molecule has 0 spiro atoms. The van der Waals surface area contributed by atoms with Gasteiger partial charge in [0.05, 0.1) is 20.3 Å². The van der Waals surface area contributed by atoms with Gasteiger partial charge in [-0.25, -0.2) is 8.42 Å². The number of sulfonamides is 1. The fraction of sp³-hybridized carbons (Fsp3) is 0.208. The molecule has 0 heterocycles. The van der Waals surface area contributed by atoms with E-state index in [0.29, 0.717) is 30.3 Å². The lowest BCUT2D eigenvalue weighted by atomic mass is 10.2. The topological polar surface area (TPSA) is 103 Å². The lowest BCUT2D eigenvalue weighted by Gasteiger charge is -2.14. The Hall–Kier alpha value is -3.56. The molecule has 0 bridgehead atoms. The van der Waals surface area contributed by atoms with Gasteiger partial charge < -0.3 is 19.5 Å². The molecular weight excluding hydrogens is 444 g/mol. The Kier molecular flexibility index (Phi) is 8.28. The van der Waals surface area contributed by atoms with E-state index in [2.05, 4.69) is 10.0 Å². The highest BCUT2D eigenvalue weighted by Crippen LogP contribution is 2.29. The molecule has 33 heavy (non-hydrogen) atoms. The quantitative estimate of drug-likeness (QED) is 0.438. The van der Waals surface area contributed by atoms with E-state index in [4.69, 9.17) is 14.2 Å². The number of hydrogen-bond donors (Lipinski definition) is 2. The first kappa shape index (κ1) is 24.1. The Morgan fingerprint density at radius 3 is 2.30 bits per heavy atom. The summed E-state index contributed by atoms with van der Waals surface area (Å²) in [6.45, 7) is 2.50. The molecule has 3 rings (SSSR count). The van der Waals surface area contributed by atoms with Gasteiger partial charge in [0.25, 0.3) is 10.0 Å². The summed E-state index contributed by atoms with van der Waals surface area (Å²) >= 11 is 0. The molecular formula is C24H26N2O6S. The first-order chi connectivity index (χ1) is 15.9. The first-order valence-corrected chi connectivity index (χ1v) is 11.7. The van der Waals surface area contributed by atoms with Gasteiger partial charge in [0.15, 0.2) is 0 Å². The van der Waals surface area contributed by atoms with Crippen LogP contribution in [-0.4, -0.2) is 34.6 Å². The van der Waals surface area contributed by atoms with Crippen molar-refractivity contribution in [1.29, 1.82) is 0 Å². The lowest BCUT2D eigenvalue weighted by molar-refractivity contribution is -0.121. The molecule has 3 aromatic rings. The Bertz CT molecular complexity index is 1170. The SMILES string of the molecule is CCOc1ccc(NS(=O)(=O)c2cc(NC(=O)COCc3ccccc3)ccc2OC)cc1. The molecule has 8 nitrogen and oxygen atoms in total. The summed E-state index contributed by atoms with van der Waals surface area (Å²) in [7, 11) is -2.61. The molecule has 0 radical (unpaired) electrons. The van der Waals surface area contributed by atoms with Gasteiger partial charge in [-0.3, -0.25) is 9.52 Å². The Morgan fingerprint density at radius 2 is 1.64 bits per heavy atom. The van der Waals surface area contributed by atoms with Crippen LogP contribution in [0.5, 0.6) is 11.5 Å². The molecule has 0 atom stereocenters. The van der Waals surface area contributed by atoms with Crippen molar-refractivity contribution in [1.82, 2.24) is 0 Å². The van der Waals surface area contributed by atoms with Gasteiger partial charge >= 0.3 is 0 Å². The zero-order valence-corrected chi connectivity index (χ0v) is 19.2. The number of hydrogen-bond acceptors (Lipinski definition) is 6. The molecule has 0 aliphatic carbocycles. The van der Waals surface area contributed by atoms with Gasteiger partial charge in [0, 0.05) is 11.4 Å². The average molecular weight is 471 g/mol. The summed E-state index contributed by atoms with van der Waals surface area (Å²) in [5.41, 5.74) is 1.61. The van der Waals surface area contributed by atoms with E-state index in [-0.39, 0.29) is 17.3 Å². The maximum Gasteiger partial charge on any atom is 0.265 e. The second-order valence-corrected chi connectivity index (χ2v) is 8.61. The van der Waals surface area contributed by atoms with Crippen LogP contribution in [0.25, 0.3) is 0 Å². The standard InChI is InChI=1S/C24H26N2O6S/c1-3-32-21-12-9-19(10-13-21)26-33(28,29)23-15-20(11-14-22(23)30-2)25-24(27)17-31-16-18-7-5-4-6-8-18/h4-15,26H,3,16-17H2,1-2H3,(H,25,27). The van der Waals surface area contributed by atoms with E-state index < -0.39 is 15.9 Å². The number of benzene rings is 3. The van der Waals surface area contributed by atoms with Crippen molar-refractivity contribution in [3.8, 4) is 11.5 Å². The number of nitrogens with one attached hydrogen (secondary N) is 2. The summed E-state index contributed by atoms with van der Waals surface area (Å²) < 4.78 is 44.5. The van der Waals surface area contributed by atoms with Crippen LogP contribution in [0.3, 0.4) is 0 Å². The second kappa shape index (κ2) is 11.3. The molecule has 0 aromatic heterocycles. The second-order valence-electron chi connectivity index (χ2n) is 6.96. The zero-order valence-electron chi connectivity index (χ0n) is 18.4. The fourth-order valence-corrected chi connectivity index (χ4v) is 4.25. The Labute approximate surface area is 193 Å². The van der Waals surface area contributed by atoms with E-state index in [1.54, 1.807) is 30.3 Å². The summed E-state index contributed by atoms with van der Waals surface area (Å²) in [5, 5.41) is 2.65. The summed E-state index contributed by atoms with van der Waals surface area (Å²) in [6, 6.07) is 20.4. The van der Waals surface area contributed by atoms with E-state index in [0.717, 1.165) is 5.56 Å². The molecule has 0 aliphatic rings. The number of methoxy groups -OCH3 is 1. The van der Waals surface area contributed by atoms with E-state index >= 15 is 0 Å². The Morgan fingerprint density at radius 1 is 0.939 bits per heavy atom. The maximum atomic E-state index is 13.0. The molecule has 3 aromatic carbocycles. The summed E-state index contributed by atoms with van der Waals surface area (Å²) in [5.74, 6) is 0.378. The number of ether oxygens (including phenoxy) is 3. The molecule has 1 amide bonds. The van der Waals surface area contributed by atoms with Crippen LogP contribution in [0, 0.1) is 0 Å². The van der Waals surface area contributed by atoms with Crippen molar-refractivity contribution in [2.45, 2.75) is 18.4 Å². The smallest absolute Gasteiger partial charge is 0.265 e. The minimum Gasteiger partial charge on any atom is -0.495 e. The van der Waals surface area contributed by atoms with Crippen molar-refractivity contribution in [3.05, 3.63) is 78.4 Å². The normalized spacial score (nSPS) is 11.0. The monoisotopic (exact) mass is 470 g/mol. The van der Waals surface area contributed by atoms with Crippen LogP contribution in [-0.2, 0) is 26.2 Å². The third-order valence-corrected chi connectivity index (χ3v) is 5.90. The van der Waals surface area contributed by atoms with Gasteiger partial charge in [0.2, 0.25) is 5.91 Å². The van der Waals surface area contributed by atoms with Crippen molar-refractivity contribution in [2.75, 3.05) is 30.4 Å². The van der Waals surface area contributed by atoms with Crippen molar-refractivity contribution < 1.29 is 27.4 Å². The minimum absolute atomic E-state index is 0.109. The van der Waals surface area contributed by atoms with Gasteiger partial charge in [-0.2, -0.15) is 0 Å². The molecule has 9 heteroatoms. The molecule has 2 N–H and O–H groups in total. The molecule has 174 valence electrons. The number of carbonyl (C=O) groups excluding carboxylic acids is 1. The number of anilines is 2. The van der Waals surface area contributed by atoms with Crippen molar-refractivity contribution in [3.63, 3.8) is 0 Å². The van der Waals surface area contributed by atoms with E-state index in [1.807, 2.05) is 37.3 Å². The fourth-order valence-electron chi connectivity index (χ4n) is 2.99. The molecule has 0 saturated heterocycles. The predicted molar refractivity (Wildman–Crippen MR) is 126 cm³/mol. The largest absolute Gasteiger partial charge is 0.495 e. The van der Waals surface area contributed by atoms with Crippen LogP contribution < -0.4 is 19.5 Å². The molecule has 0 aliphatic heterocycles. The Balaban J connectivity index is 1.68. The molecule has 0 saturated carbocycles. The highest BCUT2D eigenvalue weighted by molar-refractivity contribution is 7.92. The molecule has 0 unspecified atom stereocenters. The first-order valence-electron chi connectivity index (χ1n) is 10.3. The van der Waals surface area contributed by atoms with Crippen LogP contribution in [0.2, 0.25) is 0 Å². The third kappa shape index (κ3) is 6.96. The summed E-state index contributed by atoms with van der Waals surface area (Å²) in [4.78, 5) is 12.1. The van der Waals surface area contributed by atoms with Gasteiger partial charge in [-0.1, -0.05) is 30.3 Å². The lowest BCUT2D eigenvalue weighted by Crippen LogP contribution is -2.19. The highest BCUT2D eigenvalue weighted by atomic mass is 32.2. The van der Waals surface area contributed by atoms with Crippen LogP contribution in [0.15, 0.2) is 77.7 Å². The van der Waals surface area contributed by atoms with Gasteiger partial charge in [0.1, 0.15) is 23.0 Å². The highest BCUT2D eigenvalue weighted by Gasteiger charge is 2.21. The van der Waals surface area contributed by atoms with Crippen molar-refractivity contribution >= 4 is 27.3 Å². The number of carbonyl (C=O) groups is 1.